The van der Waals surface area contributed by atoms with Crippen LogP contribution in [-0.4, -0.2) is 21.0 Å². The molecule has 0 aliphatic carbocycles. The van der Waals surface area contributed by atoms with E-state index < -0.39 is 27.1 Å². The Bertz CT molecular complexity index is 1120. The molecule has 0 amide bonds. The number of ether oxygens (including phenoxy) is 4. The van der Waals surface area contributed by atoms with Gasteiger partial charge in [0.1, 0.15) is 15.6 Å². The molecule has 0 fully saturated rings. The molecule has 1 aliphatic rings. The van der Waals surface area contributed by atoms with Gasteiger partial charge in [0.25, 0.3) is 0 Å². The van der Waals surface area contributed by atoms with Gasteiger partial charge in [0.05, 0.1) is 14.2 Å². The van der Waals surface area contributed by atoms with Crippen LogP contribution in [-0.2, 0) is 9.13 Å². The molecule has 0 spiro atoms. The van der Waals surface area contributed by atoms with Gasteiger partial charge in [0, 0.05) is 5.56 Å². The van der Waals surface area contributed by atoms with Crippen molar-refractivity contribution in [2.75, 3.05) is 21.0 Å². The topological polar surface area (TPSA) is 182 Å². The van der Waals surface area contributed by atoms with Gasteiger partial charge in [-0.05, 0) is 29.8 Å². The summed E-state index contributed by atoms with van der Waals surface area (Å²) >= 11 is 0. The van der Waals surface area contributed by atoms with Crippen molar-refractivity contribution < 1.29 is 175 Å². The molecule has 1 heterocycles. The van der Waals surface area contributed by atoms with Crippen molar-refractivity contribution in [3.63, 3.8) is 0 Å². The molecule has 0 N–H and O–H groups in total. The average molecular weight is 564 g/mol. The molecule has 0 bridgehead atoms. The van der Waals surface area contributed by atoms with Gasteiger partial charge in [-0.15, -0.1) is 0 Å². The van der Waals surface area contributed by atoms with Crippen LogP contribution in [0.1, 0.15) is 11.1 Å². The summed E-state index contributed by atoms with van der Waals surface area (Å²) < 4.78 is 51.7. The fourth-order valence-electron chi connectivity index (χ4n) is 2.69. The van der Waals surface area contributed by atoms with Crippen LogP contribution in [0.2, 0.25) is 0 Å². The summed E-state index contributed by atoms with van der Waals surface area (Å²) in [5, 5.41) is 0. The molecule has 3 rings (SSSR count). The van der Waals surface area contributed by atoms with E-state index in [0.29, 0.717) is 22.8 Å². The van der Waals surface area contributed by atoms with E-state index in [2.05, 4.69) is 9.05 Å². The van der Waals surface area contributed by atoms with Gasteiger partial charge in [-0.25, -0.2) is 0 Å². The Morgan fingerprint density at radius 3 is 1.91 bits per heavy atom. The van der Waals surface area contributed by atoms with Crippen molar-refractivity contribution in [1.82, 2.24) is 0 Å². The van der Waals surface area contributed by atoms with E-state index in [-0.39, 0.29) is 136 Å². The predicted octanol–water partition coefficient (Wildman–Crippen LogP) is -12.0. The Balaban J connectivity index is 0. The van der Waals surface area contributed by atoms with Gasteiger partial charge in [-0.3, -0.25) is 0 Å². The molecule has 2 aromatic carbocycles. The monoisotopic (exact) mass is 564 g/mol. The Hall–Kier alpha value is 1.28. The Labute approximate surface area is 289 Å². The summed E-state index contributed by atoms with van der Waals surface area (Å²) in [6.07, 6.45) is 2.74. The minimum absolute atomic E-state index is 0. The number of rotatable bonds is 8. The molecule has 0 unspecified atom stereocenters. The molecule has 2 aromatic rings. The van der Waals surface area contributed by atoms with Gasteiger partial charge in [-0.2, -0.15) is 0 Å². The van der Waals surface area contributed by atoms with Crippen LogP contribution in [0.5, 0.6) is 34.5 Å². The molecular weight excluding hydrogens is 550 g/mol. The van der Waals surface area contributed by atoms with Crippen molar-refractivity contribution in [3.8, 4) is 34.5 Å². The first-order valence-electron chi connectivity index (χ1n) is 8.31. The Morgan fingerprint density at radius 1 is 0.800 bits per heavy atom. The maximum atomic E-state index is 11.2. The summed E-state index contributed by atoms with van der Waals surface area (Å²) in [4.78, 5) is 44.7. The second-order valence-corrected chi connectivity index (χ2v) is 8.04. The fourth-order valence-corrected chi connectivity index (χ4v) is 3.50. The number of hydrogen-bond acceptors (Lipinski definition) is 12. The molecular formula is C17H14Na4O12P2. The van der Waals surface area contributed by atoms with Crippen LogP contribution in [0, 0.1) is 0 Å². The van der Waals surface area contributed by atoms with Gasteiger partial charge < -0.3 is 56.7 Å². The smallest absolute Gasteiger partial charge is 0.780 e. The van der Waals surface area contributed by atoms with E-state index in [0.717, 1.165) is 7.11 Å². The molecule has 0 saturated heterocycles. The van der Waals surface area contributed by atoms with Crippen LogP contribution in [0.15, 0.2) is 24.3 Å². The van der Waals surface area contributed by atoms with Gasteiger partial charge >= 0.3 is 118 Å². The minimum Gasteiger partial charge on any atom is -0.780 e. The number of phosphoric acid groups is 2. The van der Waals surface area contributed by atoms with Crippen molar-refractivity contribution in [2.24, 2.45) is 0 Å². The summed E-state index contributed by atoms with van der Waals surface area (Å²) in [7, 11) is -8.81. The van der Waals surface area contributed by atoms with Gasteiger partial charge in [-0.1, -0.05) is 12.2 Å². The average Bonchev–Trinajstić information content (AvgIpc) is 3.14. The number of methoxy groups -OCH3 is 2. The molecule has 35 heavy (non-hydrogen) atoms. The van der Waals surface area contributed by atoms with Crippen LogP contribution in [0.4, 0.5) is 0 Å². The van der Waals surface area contributed by atoms with E-state index in [1.807, 2.05) is 0 Å². The minimum atomic E-state index is -5.68. The molecule has 1 aliphatic heterocycles. The van der Waals surface area contributed by atoms with E-state index in [1.165, 1.54) is 31.4 Å². The number of benzene rings is 2. The number of phosphoric ester groups is 2. The summed E-state index contributed by atoms with van der Waals surface area (Å²) in [5.74, 6) is -0.887. The normalized spacial score (nSPS) is 11.8. The van der Waals surface area contributed by atoms with E-state index >= 15 is 0 Å². The second kappa shape index (κ2) is 16.4. The third-order valence-electron chi connectivity index (χ3n) is 3.87. The zero-order chi connectivity index (χ0) is 22.8. The van der Waals surface area contributed by atoms with E-state index in [1.54, 1.807) is 12.1 Å². The molecule has 18 heteroatoms. The Kier molecular flexibility index (Phi) is 18.0. The van der Waals surface area contributed by atoms with Crippen LogP contribution >= 0.6 is 15.6 Å². The van der Waals surface area contributed by atoms with Crippen LogP contribution < -0.4 is 166 Å². The zero-order valence-corrected chi connectivity index (χ0v) is 29.8. The molecule has 0 saturated carbocycles. The third kappa shape index (κ3) is 11.1. The molecule has 0 aromatic heterocycles. The largest absolute Gasteiger partial charge is 1.00 e. The first-order valence-corrected chi connectivity index (χ1v) is 11.2. The summed E-state index contributed by atoms with van der Waals surface area (Å²) in [6, 6.07) is 5.63. The fraction of sp³-hybridized carbons (Fsp3) is 0.176. The first-order chi connectivity index (χ1) is 14.5. The number of fused-ring (bicyclic) bond motifs is 1. The van der Waals surface area contributed by atoms with E-state index in [4.69, 9.17) is 18.9 Å². The predicted molar refractivity (Wildman–Crippen MR) is 97.5 cm³/mol. The van der Waals surface area contributed by atoms with Crippen molar-refractivity contribution in [1.29, 1.82) is 0 Å². The molecule has 0 radical (unpaired) electrons. The molecule has 12 nitrogen and oxygen atoms in total. The van der Waals surface area contributed by atoms with Gasteiger partial charge in [0.15, 0.2) is 23.0 Å². The van der Waals surface area contributed by atoms with Gasteiger partial charge in [0.2, 0.25) is 18.3 Å². The maximum absolute atomic E-state index is 11.2. The quantitative estimate of drug-likeness (QED) is 0.168. The van der Waals surface area contributed by atoms with Crippen molar-refractivity contribution >= 4 is 27.8 Å². The van der Waals surface area contributed by atoms with Crippen molar-refractivity contribution in [2.45, 2.75) is 0 Å². The first kappa shape index (κ1) is 38.4. The summed E-state index contributed by atoms with van der Waals surface area (Å²) in [5.41, 5.74) is 0.406. The second-order valence-electron chi connectivity index (χ2n) is 5.88. The zero-order valence-electron chi connectivity index (χ0n) is 20.0. The van der Waals surface area contributed by atoms with Crippen LogP contribution in [0.25, 0.3) is 12.2 Å². The SMILES string of the molecule is COc1cc(/C=C\c2ccc(OC)c(OP(=O)([O-])[O-])c2OP(=O)([O-])[O-])cc2c1OCO2.[Na+].[Na+].[Na+].[Na+]. The number of hydrogen-bond donors (Lipinski definition) is 0. The third-order valence-corrected chi connectivity index (χ3v) is 4.68. The Morgan fingerprint density at radius 2 is 1.37 bits per heavy atom. The molecule has 0 atom stereocenters. The van der Waals surface area contributed by atoms with E-state index in [9.17, 15) is 28.7 Å². The standard InChI is InChI=1S/C17H18O12P2.4Na/c1-24-12-6-5-11(15(28-30(18,19)20)17(12)29-31(21,22)23)4-3-10-7-13(25-2)16-14(8-10)26-9-27-16;;;;/h3-8H,9H2,1-2H3,(H2,18,19,20)(H2,21,22,23);;;;/q;4*+1/p-4/b4-3-;;;;. The maximum Gasteiger partial charge on any atom is 1.00 e. The molecule has 168 valence electrons. The van der Waals surface area contributed by atoms with Crippen molar-refractivity contribution in [3.05, 3.63) is 35.4 Å². The van der Waals surface area contributed by atoms with Crippen LogP contribution in [0.3, 0.4) is 0 Å². The summed E-state index contributed by atoms with van der Waals surface area (Å²) in [6.45, 7) is 0.00274.